The molecule has 0 radical (unpaired) electrons. The summed E-state index contributed by atoms with van der Waals surface area (Å²) in [6.07, 6.45) is 5.87. The van der Waals surface area contributed by atoms with Gasteiger partial charge in [-0.3, -0.25) is 4.98 Å². The van der Waals surface area contributed by atoms with Gasteiger partial charge in [0.2, 0.25) is 0 Å². The maximum absolute atomic E-state index is 5.65. The van der Waals surface area contributed by atoms with Gasteiger partial charge < -0.3 is 11.1 Å². The molecule has 1 unspecified atom stereocenters. The first-order chi connectivity index (χ1) is 6.79. The molecule has 1 aromatic rings. The molecule has 14 heavy (non-hydrogen) atoms. The Balaban J connectivity index is 2.05. The predicted molar refractivity (Wildman–Crippen MR) is 58.8 cm³/mol. The Morgan fingerprint density at radius 1 is 1.43 bits per heavy atom. The van der Waals surface area contributed by atoms with Crippen molar-refractivity contribution in [2.24, 2.45) is 5.73 Å². The van der Waals surface area contributed by atoms with Gasteiger partial charge in [0.05, 0.1) is 0 Å². The molecule has 1 heterocycles. The highest BCUT2D eigenvalue weighted by Gasteiger charge is 1.94. The molecule has 0 bridgehead atoms. The van der Waals surface area contributed by atoms with E-state index in [0.29, 0.717) is 6.04 Å². The topological polar surface area (TPSA) is 50.9 Å². The van der Waals surface area contributed by atoms with Gasteiger partial charge in [-0.25, -0.2) is 0 Å². The summed E-state index contributed by atoms with van der Waals surface area (Å²) in [7, 11) is 0. The Bertz CT molecular complexity index is 234. The number of aromatic nitrogens is 1. The first-order valence-corrected chi connectivity index (χ1v) is 5.14. The minimum Gasteiger partial charge on any atom is -0.328 e. The Labute approximate surface area is 85.7 Å². The van der Waals surface area contributed by atoms with Crippen molar-refractivity contribution in [3.05, 3.63) is 30.1 Å². The number of nitrogens with zero attached hydrogens (tertiary/aromatic N) is 1. The molecule has 3 heteroatoms. The maximum Gasteiger partial charge on any atom is 0.0271 e. The SMILES string of the molecule is CC(N)CCCNCc1ccncc1. The third kappa shape index (κ3) is 4.94. The highest BCUT2D eigenvalue weighted by Crippen LogP contribution is 1.96. The molecule has 0 aliphatic carbocycles. The Morgan fingerprint density at radius 3 is 2.79 bits per heavy atom. The Kier molecular flexibility index (Phi) is 5.19. The largest absolute Gasteiger partial charge is 0.328 e. The van der Waals surface area contributed by atoms with Crippen LogP contribution in [0.5, 0.6) is 0 Å². The third-order valence-corrected chi connectivity index (χ3v) is 2.09. The van der Waals surface area contributed by atoms with Gasteiger partial charge in [-0.05, 0) is 44.0 Å². The van der Waals surface area contributed by atoms with E-state index in [1.807, 2.05) is 31.5 Å². The molecule has 1 rings (SSSR count). The van der Waals surface area contributed by atoms with Gasteiger partial charge in [-0.2, -0.15) is 0 Å². The van der Waals surface area contributed by atoms with Crippen LogP contribution in [0.15, 0.2) is 24.5 Å². The van der Waals surface area contributed by atoms with Crippen LogP contribution in [0.1, 0.15) is 25.3 Å². The number of hydrogen-bond acceptors (Lipinski definition) is 3. The molecule has 0 fully saturated rings. The van der Waals surface area contributed by atoms with Gasteiger partial charge in [-0.1, -0.05) is 0 Å². The first kappa shape index (κ1) is 11.1. The van der Waals surface area contributed by atoms with Crippen molar-refractivity contribution < 1.29 is 0 Å². The van der Waals surface area contributed by atoms with Gasteiger partial charge in [0.1, 0.15) is 0 Å². The summed E-state index contributed by atoms with van der Waals surface area (Å²) in [6, 6.07) is 4.37. The zero-order valence-electron chi connectivity index (χ0n) is 8.74. The second-order valence-electron chi connectivity index (χ2n) is 3.65. The molecule has 0 saturated heterocycles. The Morgan fingerprint density at radius 2 is 2.14 bits per heavy atom. The van der Waals surface area contributed by atoms with Crippen molar-refractivity contribution >= 4 is 0 Å². The summed E-state index contributed by atoms with van der Waals surface area (Å²) in [4.78, 5) is 3.97. The second kappa shape index (κ2) is 6.51. The van der Waals surface area contributed by atoms with E-state index in [1.54, 1.807) is 0 Å². The van der Waals surface area contributed by atoms with Crippen LogP contribution < -0.4 is 11.1 Å². The molecule has 0 aromatic carbocycles. The van der Waals surface area contributed by atoms with Crippen molar-refractivity contribution in [2.75, 3.05) is 6.54 Å². The zero-order valence-corrected chi connectivity index (χ0v) is 8.74. The highest BCUT2D eigenvalue weighted by atomic mass is 14.8. The molecule has 0 aliphatic rings. The van der Waals surface area contributed by atoms with E-state index in [9.17, 15) is 0 Å². The van der Waals surface area contributed by atoms with Gasteiger partial charge in [0, 0.05) is 25.0 Å². The summed E-state index contributed by atoms with van der Waals surface area (Å²) in [5, 5.41) is 3.37. The van der Waals surface area contributed by atoms with Crippen LogP contribution in [0.25, 0.3) is 0 Å². The molecule has 3 nitrogen and oxygen atoms in total. The highest BCUT2D eigenvalue weighted by molar-refractivity contribution is 5.08. The number of hydrogen-bond donors (Lipinski definition) is 2. The molecule has 1 atom stereocenters. The molecular weight excluding hydrogens is 174 g/mol. The van der Waals surface area contributed by atoms with Crippen molar-refractivity contribution in [3.63, 3.8) is 0 Å². The molecule has 78 valence electrons. The van der Waals surface area contributed by atoms with E-state index in [0.717, 1.165) is 25.9 Å². The smallest absolute Gasteiger partial charge is 0.0271 e. The maximum atomic E-state index is 5.65. The van der Waals surface area contributed by atoms with Crippen LogP contribution in [-0.2, 0) is 6.54 Å². The lowest BCUT2D eigenvalue weighted by Gasteiger charge is -2.06. The third-order valence-electron chi connectivity index (χ3n) is 2.09. The molecular formula is C11H19N3. The molecule has 0 saturated carbocycles. The normalized spacial score (nSPS) is 12.7. The Hall–Kier alpha value is -0.930. The van der Waals surface area contributed by atoms with Gasteiger partial charge in [0.25, 0.3) is 0 Å². The fourth-order valence-electron chi connectivity index (χ4n) is 1.28. The number of pyridine rings is 1. The zero-order chi connectivity index (χ0) is 10.2. The van der Waals surface area contributed by atoms with Crippen LogP contribution in [-0.4, -0.2) is 17.6 Å². The molecule has 1 aromatic heterocycles. The number of nitrogens with one attached hydrogen (secondary N) is 1. The summed E-state index contributed by atoms with van der Waals surface area (Å²) in [5.41, 5.74) is 6.93. The monoisotopic (exact) mass is 193 g/mol. The van der Waals surface area contributed by atoms with Gasteiger partial charge in [-0.15, -0.1) is 0 Å². The van der Waals surface area contributed by atoms with Crippen LogP contribution in [0.2, 0.25) is 0 Å². The average Bonchev–Trinajstić information content (AvgIpc) is 2.18. The van der Waals surface area contributed by atoms with Gasteiger partial charge in [0.15, 0.2) is 0 Å². The lowest BCUT2D eigenvalue weighted by molar-refractivity contribution is 0.574. The average molecular weight is 193 g/mol. The van der Waals surface area contributed by atoms with Crippen LogP contribution in [0, 0.1) is 0 Å². The number of nitrogens with two attached hydrogens (primary N) is 1. The summed E-state index contributed by atoms with van der Waals surface area (Å²) < 4.78 is 0. The van der Waals surface area contributed by atoms with Crippen LogP contribution >= 0.6 is 0 Å². The van der Waals surface area contributed by atoms with E-state index in [2.05, 4.69) is 10.3 Å². The second-order valence-corrected chi connectivity index (χ2v) is 3.65. The molecule has 0 aliphatic heterocycles. The minimum atomic E-state index is 0.317. The van der Waals surface area contributed by atoms with Crippen molar-refractivity contribution in [2.45, 2.75) is 32.4 Å². The summed E-state index contributed by atoms with van der Waals surface area (Å²) >= 11 is 0. The van der Waals surface area contributed by atoms with E-state index in [-0.39, 0.29) is 0 Å². The standard InChI is InChI=1S/C11H19N3/c1-10(12)3-2-6-14-9-11-4-7-13-8-5-11/h4-5,7-8,10,14H,2-3,6,9,12H2,1H3. The molecule has 0 spiro atoms. The van der Waals surface area contributed by atoms with Crippen LogP contribution in [0.4, 0.5) is 0 Å². The van der Waals surface area contributed by atoms with Crippen molar-refractivity contribution in [3.8, 4) is 0 Å². The van der Waals surface area contributed by atoms with E-state index < -0.39 is 0 Å². The minimum absolute atomic E-state index is 0.317. The van der Waals surface area contributed by atoms with E-state index >= 15 is 0 Å². The summed E-state index contributed by atoms with van der Waals surface area (Å²) in [5.74, 6) is 0. The lowest BCUT2D eigenvalue weighted by atomic mass is 10.2. The van der Waals surface area contributed by atoms with Crippen molar-refractivity contribution in [1.82, 2.24) is 10.3 Å². The quantitative estimate of drug-likeness (QED) is 0.669. The van der Waals surface area contributed by atoms with E-state index in [1.165, 1.54) is 5.56 Å². The fraction of sp³-hybridized carbons (Fsp3) is 0.545. The molecule has 0 amide bonds. The van der Waals surface area contributed by atoms with Crippen LogP contribution in [0.3, 0.4) is 0 Å². The van der Waals surface area contributed by atoms with Crippen molar-refractivity contribution in [1.29, 1.82) is 0 Å². The summed E-state index contributed by atoms with van der Waals surface area (Å²) in [6.45, 7) is 3.99. The van der Waals surface area contributed by atoms with Gasteiger partial charge >= 0.3 is 0 Å². The first-order valence-electron chi connectivity index (χ1n) is 5.14. The predicted octanol–water partition coefficient (Wildman–Crippen LogP) is 1.30. The lowest BCUT2D eigenvalue weighted by Crippen LogP contribution is -2.19. The number of rotatable bonds is 6. The fourth-order valence-corrected chi connectivity index (χ4v) is 1.28. The van der Waals surface area contributed by atoms with E-state index in [4.69, 9.17) is 5.73 Å². The molecule has 3 N–H and O–H groups in total.